The normalized spacial score (nSPS) is 11.4. The number of hydrogen-bond donors (Lipinski definition) is 0. The molecule has 6 heteroatoms. The summed E-state index contributed by atoms with van der Waals surface area (Å²) in [4.78, 5) is 4.50. The zero-order valence-corrected chi connectivity index (χ0v) is 15.3. The van der Waals surface area contributed by atoms with E-state index >= 15 is 0 Å². The second-order valence-electron chi connectivity index (χ2n) is 6.22. The van der Waals surface area contributed by atoms with Crippen molar-refractivity contribution in [3.8, 4) is 17.2 Å². The van der Waals surface area contributed by atoms with Crippen molar-refractivity contribution in [3.05, 3.63) is 84.2 Å². The van der Waals surface area contributed by atoms with Crippen LogP contribution in [0.2, 0.25) is 0 Å². The van der Waals surface area contributed by atoms with Crippen LogP contribution < -0.4 is 0 Å². The van der Waals surface area contributed by atoms with Crippen LogP contribution in [-0.2, 0) is 10.0 Å². The van der Waals surface area contributed by atoms with Crippen LogP contribution in [0.4, 0.5) is 0 Å². The Labute approximate surface area is 157 Å². The Morgan fingerprint density at radius 1 is 1.04 bits per heavy atom. The number of nitriles is 1. The van der Waals surface area contributed by atoms with Gasteiger partial charge in [0.15, 0.2) is 5.65 Å². The van der Waals surface area contributed by atoms with Crippen molar-refractivity contribution in [1.82, 2.24) is 8.96 Å². The Morgan fingerprint density at radius 3 is 2.56 bits per heavy atom. The second-order valence-corrected chi connectivity index (χ2v) is 8.04. The molecular formula is C21H15N3O2S. The first kappa shape index (κ1) is 17.0. The molecule has 0 atom stereocenters. The second kappa shape index (κ2) is 6.38. The van der Waals surface area contributed by atoms with E-state index in [1.807, 2.05) is 19.1 Å². The van der Waals surface area contributed by atoms with Crippen LogP contribution in [-0.4, -0.2) is 17.4 Å². The first-order valence-electron chi connectivity index (χ1n) is 8.29. The molecule has 2 aromatic carbocycles. The molecule has 0 N–H and O–H groups in total. The van der Waals surface area contributed by atoms with E-state index in [2.05, 4.69) is 11.1 Å². The van der Waals surface area contributed by atoms with Gasteiger partial charge in [0, 0.05) is 23.3 Å². The van der Waals surface area contributed by atoms with E-state index in [0.717, 1.165) is 11.1 Å². The summed E-state index contributed by atoms with van der Waals surface area (Å²) >= 11 is 0. The van der Waals surface area contributed by atoms with Gasteiger partial charge in [-0.05, 0) is 48.9 Å². The van der Waals surface area contributed by atoms with Gasteiger partial charge < -0.3 is 0 Å². The van der Waals surface area contributed by atoms with Crippen LogP contribution in [0.3, 0.4) is 0 Å². The van der Waals surface area contributed by atoms with Crippen LogP contribution >= 0.6 is 0 Å². The number of fused-ring (bicyclic) bond motifs is 1. The third-order valence-corrected chi connectivity index (χ3v) is 6.08. The lowest BCUT2D eigenvalue weighted by Gasteiger charge is -2.07. The van der Waals surface area contributed by atoms with Crippen molar-refractivity contribution in [2.75, 3.05) is 0 Å². The third-order valence-electron chi connectivity index (χ3n) is 4.41. The molecule has 0 aliphatic carbocycles. The molecule has 4 rings (SSSR count). The van der Waals surface area contributed by atoms with E-state index in [0.29, 0.717) is 22.2 Å². The molecule has 132 valence electrons. The lowest BCUT2D eigenvalue weighted by molar-refractivity contribution is 0.589. The molecule has 0 saturated carbocycles. The molecule has 0 fully saturated rings. The minimum Gasteiger partial charge on any atom is -0.237 e. The highest BCUT2D eigenvalue weighted by molar-refractivity contribution is 7.90. The van der Waals surface area contributed by atoms with E-state index in [1.165, 1.54) is 3.97 Å². The summed E-state index contributed by atoms with van der Waals surface area (Å²) in [7, 11) is -3.80. The Morgan fingerprint density at radius 2 is 1.81 bits per heavy atom. The molecule has 0 saturated heterocycles. The smallest absolute Gasteiger partial charge is 0.237 e. The number of aryl methyl sites for hydroxylation is 1. The number of nitrogens with zero attached hydrogens (tertiary/aromatic N) is 3. The molecule has 0 aliphatic heterocycles. The predicted molar refractivity (Wildman–Crippen MR) is 104 cm³/mol. The van der Waals surface area contributed by atoms with Gasteiger partial charge >= 0.3 is 0 Å². The van der Waals surface area contributed by atoms with Gasteiger partial charge in [0.1, 0.15) is 0 Å². The van der Waals surface area contributed by atoms with E-state index < -0.39 is 10.0 Å². The SMILES string of the molecule is Cc1ccc(S(=O)(=O)n2cc(-c3cccc(C#N)c3)c3cccnc32)cc1. The summed E-state index contributed by atoms with van der Waals surface area (Å²) in [5.41, 5.74) is 3.34. The van der Waals surface area contributed by atoms with E-state index in [1.54, 1.807) is 60.9 Å². The highest BCUT2D eigenvalue weighted by Crippen LogP contribution is 2.32. The molecule has 0 unspecified atom stereocenters. The van der Waals surface area contributed by atoms with Crippen LogP contribution in [0.1, 0.15) is 11.1 Å². The molecule has 0 bridgehead atoms. The largest absolute Gasteiger partial charge is 0.269 e. The van der Waals surface area contributed by atoms with Crippen molar-refractivity contribution < 1.29 is 8.42 Å². The average molecular weight is 373 g/mol. The molecule has 4 aromatic rings. The number of aromatic nitrogens is 2. The molecular weight excluding hydrogens is 358 g/mol. The first-order valence-corrected chi connectivity index (χ1v) is 9.73. The standard InChI is InChI=1S/C21H15N3O2S/c1-15-7-9-18(10-8-15)27(25,26)24-14-20(19-6-3-11-23-21(19)24)17-5-2-4-16(12-17)13-22/h2-12,14H,1H3. The predicted octanol–water partition coefficient (Wildman–Crippen LogP) is 4.12. The molecule has 27 heavy (non-hydrogen) atoms. The Hall–Kier alpha value is -3.43. The molecule has 0 aliphatic rings. The van der Waals surface area contributed by atoms with E-state index in [4.69, 9.17) is 5.26 Å². The molecule has 0 spiro atoms. The monoisotopic (exact) mass is 373 g/mol. The third kappa shape index (κ3) is 2.88. The van der Waals surface area contributed by atoms with Crippen molar-refractivity contribution in [3.63, 3.8) is 0 Å². The van der Waals surface area contributed by atoms with Crippen molar-refractivity contribution in [1.29, 1.82) is 5.26 Å². The quantitative estimate of drug-likeness (QED) is 0.541. The highest BCUT2D eigenvalue weighted by Gasteiger charge is 2.22. The van der Waals surface area contributed by atoms with E-state index in [-0.39, 0.29) is 4.90 Å². The van der Waals surface area contributed by atoms with Gasteiger partial charge in [-0.1, -0.05) is 29.8 Å². The van der Waals surface area contributed by atoms with Gasteiger partial charge in [0.25, 0.3) is 10.0 Å². The van der Waals surface area contributed by atoms with Crippen molar-refractivity contribution >= 4 is 21.1 Å². The molecule has 2 heterocycles. The number of hydrogen-bond acceptors (Lipinski definition) is 4. The van der Waals surface area contributed by atoms with Gasteiger partial charge in [-0.3, -0.25) is 0 Å². The van der Waals surface area contributed by atoms with Crippen LogP contribution in [0.15, 0.2) is 78.0 Å². The Bertz CT molecular complexity index is 1300. The molecule has 0 amide bonds. The zero-order chi connectivity index (χ0) is 19.0. The summed E-state index contributed by atoms with van der Waals surface area (Å²) in [5.74, 6) is 0. The maximum absolute atomic E-state index is 13.2. The van der Waals surface area contributed by atoms with Gasteiger partial charge in [0.05, 0.1) is 16.5 Å². The molecule has 0 radical (unpaired) electrons. The Kier molecular flexibility index (Phi) is 4.02. The maximum Gasteiger partial charge on any atom is 0.269 e. The summed E-state index contributed by atoms with van der Waals surface area (Å²) in [5, 5.41) is 9.88. The Balaban J connectivity index is 1.98. The fourth-order valence-corrected chi connectivity index (χ4v) is 4.35. The lowest BCUT2D eigenvalue weighted by Crippen LogP contribution is -2.12. The van der Waals surface area contributed by atoms with Crippen molar-refractivity contribution in [2.24, 2.45) is 0 Å². The minimum absolute atomic E-state index is 0.202. The van der Waals surface area contributed by atoms with Crippen molar-refractivity contribution in [2.45, 2.75) is 11.8 Å². The lowest BCUT2D eigenvalue weighted by atomic mass is 10.0. The van der Waals surface area contributed by atoms with Gasteiger partial charge in [-0.2, -0.15) is 5.26 Å². The van der Waals surface area contributed by atoms with Gasteiger partial charge in [0.2, 0.25) is 0 Å². The summed E-state index contributed by atoms with van der Waals surface area (Å²) in [6, 6.07) is 19.5. The summed E-state index contributed by atoms with van der Waals surface area (Å²) in [6.45, 7) is 1.91. The number of pyridine rings is 1. The topological polar surface area (TPSA) is 75.8 Å². The molecule has 5 nitrogen and oxygen atoms in total. The number of rotatable bonds is 3. The molecule has 2 aromatic heterocycles. The van der Waals surface area contributed by atoms with Crippen LogP contribution in [0.5, 0.6) is 0 Å². The fraction of sp³-hybridized carbons (Fsp3) is 0.0476. The summed E-state index contributed by atoms with van der Waals surface area (Å²) < 4.78 is 27.6. The number of benzene rings is 2. The first-order chi connectivity index (χ1) is 13.0. The highest BCUT2D eigenvalue weighted by atomic mass is 32.2. The average Bonchev–Trinajstić information content (AvgIpc) is 3.09. The zero-order valence-electron chi connectivity index (χ0n) is 14.5. The van der Waals surface area contributed by atoms with Gasteiger partial charge in [-0.25, -0.2) is 17.4 Å². The maximum atomic E-state index is 13.2. The summed E-state index contributed by atoms with van der Waals surface area (Å²) in [6.07, 6.45) is 3.14. The van der Waals surface area contributed by atoms with Gasteiger partial charge in [-0.15, -0.1) is 0 Å². The van der Waals surface area contributed by atoms with E-state index in [9.17, 15) is 8.42 Å². The van der Waals surface area contributed by atoms with Crippen LogP contribution in [0, 0.1) is 18.3 Å². The van der Waals surface area contributed by atoms with Crippen LogP contribution in [0.25, 0.3) is 22.2 Å². The minimum atomic E-state index is -3.80. The fourth-order valence-electron chi connectivity index (χ4n) is 3.02.